The maximum atomic E-state index is 13.0. The minimum absolute atomic E-state index is 0. The molecule has 26 heavy (non-hydrogen) atoms. The van der Waals surface area contributed by atoms with Crippen LogP contribution in [0, 0.1) is 5.92 Å². The predicted octanol–water partition coefficient (Wildman–Crippen LogP) is 4.72. The lowest BCUT2D eigenvalue weighted by molar-refractivity contribution is 0.0683. The van der Waals surface area contributed by atoms with Crippen molar-refractivity contribution in [2.24, 2.45) is 5.92 Å². The molecule has 3 nitrogen and oxygen atoms in total. The standard InChI is InChI=1S/C21H26N2OS.ClH/c1-22-14-11-17-12-15-23(16-13-17)21(24)19-9-5-6-10-20(19)25-18-7-3-2-4-8-18;/h2-10,17,22H,11-16H2,1H3;1H. The summed E-state index contributed by atoms with van der Waals surface area (Å²) in [4.78, 5) is 17.3. The van der Waals surface area contributed by atoms with Crippen molar-refractivity contribution in [2.45, 2.75) is 29.1 Å². The number of hydrogen-bond acceptors (Lipinski definition) is 3. The van der Waals surface area contributed by atoms with E-state index >= 15 is 0 Å². The average Bonchev–Trinajstić information content (AvgIpc) is 2.67. The molecule has 1 saturated heterocycles. The zero-order chi connectivity index (χ0) is 17.5. The van der Waals surface area contributed by atoms with Gasteiger partial charge in [0.25, 0.3) is 5.91 Å². The van der Waals surface area contributed by atoms with Gasteiger partial charge in [-0.25, -0.2) is 0 Å². The third kappa shape index (κ3) is 5.50. The second-order valence-corrected chi connectivity index (χ2v) is 7.65. The number of amides is 1. The van der Waals surface area contributed by atoms with Gasteiger partial charge in [-0.3, -0.25) is 4.79 Å². The Morgan fingerprint density at radius 1 is 1.08 bits per heavy atom. The summed E-state index contributed by atoms with van der Waals surface area (Å²) in [5.41, 5.74) is 0.824. The molecule has 0 unspecified atom stereocenters. The number of nitrogens with zero attached hydrogens (tertiary/aromatic N) is 1. The van der Waals surface area contributed by atoms with Gasteiger partial charge in [0.15, 0.2) is 0 Å². The molecule has 1 fully saturated rings. The third-order valence-electron chi connectivity index (χ3n) is 4.79. The first-order valence-corrected chi connectivity index (χ1v) is 9.85. The Kier molecular flexibility index (Phi) is 8.49. The molecule has 0 aromatic heterocycles. The van der Waals surface area contributed by atoms with Gasteiger partial charge >= 0.3 is 0 Å². The van der Waals surface area contributed by atoms with Gasteiger partial charge in [0.1, 0.15) is 0 Å². The lowest BCUT2D eigenvalue weighted by Crippen LogP contribution is -2.39. The number of piperidine rings is 1. The fourth-order valence-corrected chi connectivity index (χ4v) is 4.25. The van der Waals surface area contributed by atoms with E-state index < -0.39 is 0 Å². The molecule has 1 aliphatic rings. The normalized spacial score (nSPS) is 14.7. The minimum atomic E-state index is 0. The summed E-state index contributed by atoms with van der Waals surface area (Å²) in [7, 11) is 2.00. The highest BCUT2D eigenvalue weighted by Gasteiger charge is 2.24. The van der Waals surface area contributed by atoms with Crippen LogP contribution in [-0.2, 0) is 0 Å². The van der Waals surface area contributed by atoms with Crippen molar-refractivity contribution in [1.82, 2.24) is 10.2 Å². The molecule has 1 aliphatic heterocycles. The van der Waals surface area contributed by atoms with Gasteiger partial charge in [0, 0.05) is 22.9 Å². The molecule has 1 amide bonds. The van der Waals surface area contributed by atoms with Crippen LogP contribution in [0.4, 0.5) is 0 Å². The summed E-state index contributed by atoms with van der Waals surface area (Å²) < 4.78 is 0. The summed E-state index contributed by atoms with van der Waals surface area (Å²) >= 11 is 1.66. The number of benzene rings is 2. The van der Waals surface area contributed by atoms with Crippen molar-refractivity contribution in [3.8, 4) is 0 Å². The molecular weight excluding hydrogens is 364 g/mol. The summed E-state index contributed by atoms with van der Waals surface area (Å²) in [5.74, 6) is 0.913. The Morgan fingerprint density at radius 3 is 2.42 bits per heavy atom. The van der Waals surface area contributed by atoms with E-state index in [0.29, 0.717) is 0 Å². The molecule has 0 saturated carbocycles. The van der Waals surface area contributed by atoms with E-state index in [-0.39, 0.29) is 18.3 Å². The van der Waals surface area contributed by atoms with Crippen molar-refractivity contribution in [1.29, 1.82) is 0 Å². The predicted molar refractivity (Wildman–Crippen MR) is 111 cm³/mol. The van der Waals surface area contributed by atoms with Gasteiger partial charge in [-0.15, -0.1) is 12.4 Å². The lowest BCUT2D eigenvalue weighted by atomic mass is 9.93. The first-order chi connectivity index (χ1) is 12.3. The van der Waals surface area contributed by atoms with Crippen LogP contribution in [0.3, 0.4) is 0 Å². The lowest BCUT2D eigenvalue weighted by Gasteiger charge is -2.32. The van der Waals surface area contributed by atoms with E-state index in [1.54, 1.807) is 11.8 Å². The maximum Gasteiger partial charge on any atom is 0.255 e. The van der Waals surface area contributed by atoms with Crippen LogP contribution in [0.1, 0.15) is 29.6 Å². The number of halogens is 1. The molecule has 0 spiro atoms. The Balaban J connectivity index is 0.00000243. The topological polar surface area (TPSA) is 32.3 Å². The van der Waals surface area contributed by atoms with Crippen LogP contribution >= 0.6 is 24.2 Å². The average molecular weight is 391 g/mol. The first-order valence-electron chi connectivity index (χ1n) is 9.03. The van der Waals surface area contributed by atoms with Gasteiger partial charge in [-0.2, -0.15) is 0 Å². The maximum absolute atomic E-state index is 13.0. The molecule has 3 rings (SSSR count). The first kappa shape index (κ1) is 20.8. The quantitative estimate of drug-likeness (QED) is 0.774. The van der Waals surface area contributed by atoms with Gasteiger partial charge in [-0.1, -0.05) is 42.1 Å². The SMILES string of the molecule is CNCCC1CCN(C(=O)c2ccccc2Sc2ccccc2)CC1.Cl. The van der Waals surface area contributed by atoms with Crippen LogP contribution in [-0.4, -0.2) is 37.5 Å². The Morgan fingerprint density at radius 2 is 1.73 bits per heavy atom. The van der Waals surface area contributed by atoms with Crippen molar-refractivity contribution in [2.75, 3.05) is 26.7 Å². The van der Waals surface area contributed by atoms with Crippen molar-refractivity contribution in [3.63, 3.8) is 0 Å². The Hall–Kier alpha value is -1.49. The second-order valence-electron chi connectivity index (χ2n) is 6.54. The third-order valence-corrected chi connectivity index (χ3v) is 5.88. The smallest absolute Gasteiger partial charge is 0.255 e. The molecule has 5 heteroatoms. The van der Waals surface area contributed by atoms with E-state index in [0.717, 1.165) is 53.7 Å². The van der Waals surface area contributed by atoms with E-state index in [9.17, 15) is 4.79 Å². The summed E-state index contributed by atoms with van der Waals surface area (Å²) in [6, 6.07) is 18.2. The number of hydrogen-bond donors (Lipinski definition) is 1. The highest BCUT2D eigenvalue weighted by atomic mass is 35.5. The number of carbonyl (C=O) groups is 1. The number of likely N-dealkylation sites (tertiary alicyclic amines) is 1. The number of rotatable bonds is 6. The van der Waals surface area contributed by atoms with E-state index in [1.165, 1.54) is 6.42 Å². The van der Waals surface area contributed by atoms with Gasteiger partial charge in [0.2, 0.25) is 0 Å². The van der Waals surface area contributed by atoms with Crippen LogP contribution in [0.25, 0.3) is 0 Å². The highest BCUT2D eigenvalue weighted by molar-refractivity contribution is 7.99. The summed E-state index contributed by atoms with van der Waals surface area (Å²) in [6.07, 6.45) is 3.43. The van der Waals surface area contributed by atoms with Gasteiger partial charge in [0.05, 0.1) is 5.56 Å². The number of nitrogens with one attached hydrogen (secondary N) is 1. The highest BCUT2D eigenvalue weighted by Crippen LogP contribution is 2.31. The second kappa shape index (κ2) is 10.6. The van der Waals surface area contributed by atoms with E-state index in [2.05, 4.69) is 17.4 Å². The fourth-order valence-electron chi connectivity index (χ4n) is 3.29. The number of carbonyl (C=O) groups excluding carboxylic acids is 1. The van der Waals surface area contributed by atoms with Crippen molar-refractivity contribution >= 4 is 30.1 Å². The summed E-state index contributed by atoms with van der Waals surface area (Å²) in [5, 5.41) is 3.22. The van der Waals surface area contributed by atoms with Crippen LogP contribution in [0.2, 0.25) is 0 Å². The zero-order valence-corrected chi connectivity index (χ0v) is 16.8. The monoisotopic (exact) mass is 390 g/mol. The molecular formula is C21H27ClN2OS. The van der Waals surface area contributed by atoms with Crippen LogP contribution in [0.5, 0.6) is 0 Å². The van der Waals surface area contributed by atoms with E-state index in [1.807, 2.05) is 54.4 Å². The molecule has 0 radical (unpaired) electrons. The van der Waals surface area contributed by atoms with Crippen LogP contribution < -0.4 is 5.32 Å². The molecule has 2 aromatic rings. The molecule has 2 aromatic carbocycles. The van der Waals surface area contributed by atoms with Crippen molar-refractivity contribution in [3.05, 3.63) is 60.2 Å². The minimum Gasteiger partial charge on any atom is -0.339 e. The molecule has 0 aliphatic carbocycles. The fraction of sp³-hybridized carbons (Fsp3) is 0.381. The molecule has 140 valence electrons. The van der Waals surface area contributed by atoms with E-state index in [4.69, 9.17) is 0 Å². The zero-order valence-electron chi connectivity index (χ0n) is 15.2. The van der Waals surface area contributed by atoms with Crippen molar-refractivity contribution < 1.29 is 4.79 Å². The largest absolute Gasteiger partial charge is 0.339 e. The molecule has 1 heterocycles. The molecule has 1 N–H and O–H groups in total. The Labute approximate surface area is 167 Å². The van der Waals surface area contributed by atoms with Gasteiger partial charge in [-0.05, 0) is 63.0 Å². The molecule has 0 atom stereocenters. The Bertz CT molecular complexity index is 687. The molecule has 0 bridgehead atoms. The summed E-state index contributed by atoms with van der Waals surface area (Å²) in [6.45, 7) is 2.81. The van der Waals surface area contributed by atoms with Crippen LogP contribution in [0.15, 0.2) is 64.4 Å². The van der Waals surface area contributed by atoms with Gasteiger partial charge < -0.3 is 10.2 Å².